The molecule has 0 aliphatic carbocycles. The summed E-state index contributed by atoms with van der Waals surface area (Å²) in [5.74, 6) is 0.623. The third-order valence-electron chi connectivity index (χ3n) is 5.43. The highest BCUT2D eigenvalue weighted by molar-refractivity contribution is 14.0. The van der Waals surface area contributed by atoms with Crippen molar-refractivity contribution in [2.75, 3.05) is 44.7 Å². The summed E-state index contributed by atoms with van der Waals surface area (Å²) in [6, 6.07) is 8.52. The molecule has 2 unspecified atom stereocenters. The van der Waals surface area contributed by atoms with Gasteiger partial charge in [-0.1, -0.05) is 12.1 Å². The van der Waals surface area contributed by atoms with Gasteiger partial charge in [0.1, 0.15) is 0 Å². The molecule has 2 aliphatic heterocycles. The van der Waals surface area contributed by atoms with Gasteiger partial charge in [-0.15, -0.1) is 24.0 Å². The van der Waals surface area contributed by atoms with Crippen LogP contribution in [0.4, 0.5) is 18.9 Å². The molecule has 1 aromatic carbocycles. The topological polar surface area (TPSA) is 42.9 Å². The molecule has 2 atom stereocenters. The number of nitrogens with zero attached hydrogens (tertiary/aromatic N) is 3. The highest BCUT2D eigenvalue weighted by Gasteiger charge is 2.34. The quantitative estimate of drug-likeness (QED) is 0.349. The number of benzene rings is 1. The van der Waals surface area contributed by atoms with Crippen LogP contribution in [0.2, 0.25) is 0 Å². The van der Waals surface area contributed by atoms with Crippen molar-refractivity contribution in [2.45, 2.75) is 44.4 Å². The van der Waals surface area contributed by atoms with Gasteiger partial charge in [-0.25, -0.2) is 0 Å². The molecular weight excluding hydrogens is 494 g/mol. The molecule has 9 heteroatoms. The first-order valence-corrected chi connectivity index (χ1v) is 9.98. The van der Waals surface area contributed by atoms with Crippen molar-refractivity contribution in [2.24, 2.45) is 4.99 Å². The number of hydrogen-bond donors (Lipinski definition) is 2. The molecule has 2 heterocycles. The van der Waals surface area contributed by atoms with Gasteiger partial charge < -0.3 is 15.5 Å². The summed E-state index contributed by atoms with van der Waals surface area (Å²) in [4.78, 5) is 8.10. The second kappa shape index (κ2) is 10.7. The molecule has 2 saturated heterocycles. The van der Waals surface area contributed by atoms with Crippen molar-refractivity contribution in [3.8, 4) is 0 Å². The summed E-state index contributed by atoms with van der Waals surface area (Å²) in [5.41, 5.74) is 2.41. The van der Waals surface area contributed by atoms with Gasteiger partial charge in [0.25, 0.3) is 0 Å². The van der Waals surface area contributed by atoms with E-state index in [2.05, 4.69) is 51.7 Å². The van der Waals surface area contributed by atoms with Gasteiger partial charge in [0.15, 0.2) is 5.96 Å². The predicted molar refractivity (Wildman–Crippen MR) is 122 cm³/mol. The van der Waals surface area contributed by atoms with Gasteiger partial charge in [0.2, 0.25) is 0 Å². The highest BCUT2D eigenvalue weighted by Crippen LogP contribution is 2.24. The number of likely N-dealkylation sites (tertiary alicyclic amines) is 1. The molecule has 0 spiro atoms. The zero-order valence-electron chi connectivity index (χ0n) is 17.0. The summed E-state index contributed by atoms with van der Waals surface area (Å²) in [6.45, 7) is 4.24. The monoisotopic (exact) mass is 525 g/mol. The molecule has 0 radical (unpaired) electrons. The smallest absolute Gasteiger partial charge is 0.372 e. The summed E-state index contributed by atoms with van der Waals surface area (Å²) >= 11 is 0. The molecule has 3 rings (SSSR count). The van der Waals surface area contributed by atoms with Gasteiger partial charge in [-0.05, 0) is 43.9 Å². The molecule has 0 bridgehead atoms. The Morgan fingerprint density at radius 3 is 2.62 bits per heavy atom. The summed E-state index contributed by atoms with van der Waals surface area (Å²) in [6.07, 6.45) is -0.998. The maximum absolute atomic E-state index is 12.6. The molecule has 2 aliphatic rings. The first-order valence-electron chi connectivity index (χ1n) is 9.98. The molecule has 0 saturated carbocycles. The lowest BCUT2D eigenvalue weighted by Crippen LogP contribution is -2.45. The Hall–Kier alpha value is -1.23. The Morgan fingerprint density at radius 2 is 1.97 bits per heavy atom. The number of rotatable bonds is 5. The first kappa shape index (κ1) is 24.0. The average molecular weight is 525 g/mol. The van der Waals surface area contributed by atoms with E-state index in [4.69, 9.17) is 0 Å². The second-order valence-electron chi connectivity index (χ2n) is 7.71. The fourth-order valence-electron chi connectivity index (χ4n) is 3.97. The number of nitrogens with one attached hydrogen (secondary N) is 2. The zero-order chi connectivity index (χ0) is 20.1. The summed E-state index contributed by atoms with van der Waals surface area (Å²) in [7, 11) is 1.69. The van der Waals surface area contributed by atoms with Crippen molar-refractivity contribution in [3.05, 3.63) is 29.8 Å². The predicted octanol–water partition coefficient (Wildman–Crippen LogP) is 3.77. The van der Waals surface area contributed by atoms with Crippen molar-refractivity contribution < 1.29 is 13.2 Å². The minimum atomic E-state index is -4.15. The van der Waals surface area contributed by atoms with Crippen LogP contribution in [0, 0.1) is 0 Å². The van der Waals surface area contributed by atoms with Crippen LogP contribution in [0.5, 0.6) is 0 Å². The lowest BCUT2D eigenvalue weighted by molar-refractivity contribution is -0.143. The maximum atomic E-state index is 12.6. The van der Waals surface area contributed by atoms with E-state index >= 15 is 0 Å². The third-order valence-corrected chi connectivity index (χ3v) is 5.43. The van der Waals surface area contributed by atoms with E-state index in [1.54, 1.807) is 7.05 Å². The Kier molecular flexibility index (Phi) is 8.87. The SMILES string of the molecule is CN=C(NC1CCN(CC(F)(F)F)C1)NC(C)c1cccc(N2CCCC2)c1.I. The van der Waals surface area contributed by atoms with E-state index in [1.807, 2.05) is 0 Å². The summed E-state index contributed by atoms with van der Waals surface area (Å²) in [5, 5.41) is 6.64. The van der Waals surface area contributed by atoms with Crippen LogP contribution in [0.1, 0.15) is 37.8 Å². The molecule has 5 nitrogen and oxygen atoms in total. The van der Waals surface area contributed by atoms with E-state index in [9.17, 15) is 13.2 Å². The molecular formula is C20H31F3IN5. The number of anilines is 1. The van der Waals surface area contributed by atoms with Gasteiger partial charge in [0, 0.05) is 45.0 Å². The summed E-state index contributed by atoms with van der Waals surface area (Å²) < 4.78 is 37.7. The van der Waals surface area contributed by atoms with Crippen LogP contribution in [0.15, 0.2) is 29.3 Å². The Bertz CT molecular complexity index is 676. The minimum Gasteiger partial charge on any atom is -0.372 e. The lowest BCUT2D eigenvalue weighted by Gasteiger charge is -2.24. The molecule has 164 valence electrons. The second-order valence-corrected chi connectivity index (χ2v) is 7.71. The van der Waals surface area contributed by atoms with E-state index in [-0.39, 0.29) is 36.1 Å². The number of aliphatic imine (C=N–C) groups is 1. The van der Waals surface area contributed by atoms with E-state index < -0.39 is 12.7 Å². The normalized spacial score (nSPS) is 21.8. The number of guanidine groups is 1. The Morgan fingerprint density at radius 1 is 1.24 bits per heavy atom. The first-order chi connectivity index (χ1) is 13.3. The van der Waals surface area contributed by atoms with Crippen LogP contribution >= 0.6 is 24.0 Å². The third kappa shape index (κ3) is 7.20. The van der Waals surface area contributed by atoms with Crippen molar-refractivity contribution in [1.82, 2.24) is 15.5 Å². The van der Waals surface area contributed by atoms with Gasteiger partial charge in [-0.3, -0.25) is 9.89 Å². The van der Waals surface area contributed by atoms with Crippen molar-refractivity contribution in [3.63, 3.8) is 0 Å². The minimum absolute atomic E-state index is 0. The highest BCUT2D eigenvalue weighted by atomic mass is 127. The zero-order valence-corrected chi connectivity index (χ0v) is 19.3. The van der Waals surface area contributed by atoms with E-state index in [1.165, 1.54) is 23.4 Å². The standard InChI is InChI=1S/C20H30F3N5.HI/c1-15(16-6-5-7-18(12-16)28-9-3-4-10-28)25-19(24-2)26-17-8-11-27(13-17)14-20(21,22)23;/h5-7,12,15,17H,3-4,8-11,13-14H2,1-2H3,(H2,24,25,26);1H. The van der Waals surface area contributed by atoms with Crippen molar-refractivity contribution in [1.29, 1.82) is 0 Å². The molecule has 2 fully saturated rings. The molecule has 0 aromatic heterocycles. The molecule has 2 N–H and O–H groups in total. The fourth-order valence-corrected chi connectivity index (χ4v) is 3.97. The number of alkyl halides is 3. The van der Waals surface area contributed by atoms with Gasteiger partial charge in [0.05, 0.1) is 12.6 Å². The van der Waals surface area contributed by atoms with Crippen LogP contribution in [-0.4, -0.2) is 62.8 Å². The van der Waals surface area contributed by atoms with E-state index in [0.29, 0.717) is 25.5 Å². The van der Waals surface area contributed by atoms with Crippen molar-refractivity contribution >= 4 is 35.6 Å². The Labute approximate surface area is 188 Å². The largest absolute Gasteiger partial charge is 0.401 e. The molecule has 0 amide bonds. The number of halogens is 4. The van der Waals surface area contributed by atoms with Crippen LogP contribution in [-0.2, 0) is 0 Å². The van der Waals surface area contributed by atoms with Crippen LogP contribution < -0.4 is 15.5 Å². The van der Waals surface area contributed by atoms with Gasteiger partial charge in [-0.2, -0.15) is 13.2 Å². The fraction of sp³-hybridized carbons (Fsp3) is 0.650. The Balaban J connectivity index is 0.00000300. The number of hydrogen-bond acceptors (Lipinski definition) is 3. The van der Waals surface area contributed by atoms with Crippen LogP contribution in [0.25, 0.3) is 0 Å². The molecule has 29 heavy (non-hydrogen) atoms. The molecule has 1 aromatic rings. The van der Waals surface area contributed by atoms with Crippen LogP contribution in [0.3, 0.4) is 0 Å². The van der Waals surface area contributed by atoms with Gasteiger partial charge >= 0.3 is 6.18 Å². The lowest BCUT2D eigenvalue weighted by atomic mass is 10.1. The van der Waals surface area contributed by atoms with E-state index in [0.717, 1.165) is 18.7 Å². The maximum Gasteiger partial charge on any atom is 0.401 e. The average Bonchev–Trinajstić information content (AvgIpc) is 3.32.